The molecule has 4 heteroatoms. The van der Waals surface area contributed by atoms with E-state index in [9.17, 15) is 0 Å². The lowest BCUT2D eigenvalue weighted by atomic mass is 10.2. The van der Waals surface area contributed by atoms with Crippen molar-refractivity contribution in [1.29, 1.82) is 0 Å². The predicted octanol–water partition coefficient (Wildman–Crippen LogP) is 2.25. The highest BCUT2D eigenvalue weighted by atomic mass is 16.5. The molecule has 0 spiro atoms. The van der Waals surface area contributed by atoms with Crippen LogP contribution in [0.3, 0.4) is 0 Å². The molecule has 1 aromatic carbocycles. The van der Waals surface area contributed by atoms with Gasteiger partial charge in [0.1, 0.15) is 6.61 Å². The first-order valence-electron chi connectivity index (χ1n) is 5.27. The molecule has 0 fully saturated rings. The number of nitrogens with zero attached hydrogens (tertiary/aromatic N) is 1. The second-order valence-corrected chi connectivity index (χ2v) is 3.52. The van der Waals surface area contributed by atoms with Gasteiger partial charge in [0.15, 0.2) is 0 Å². The van der Waals surface area contributed by atoms with Gasteiger partial charge >= 0.3 is 0 Å². The third-order valence-electron chi connectivity index (χ3n) is 2.29. The monoisotopic (exact) mass is 230 g/mol. The Kier molecular flexibility index (Phi) is 3.45. The molecule has 0 aliphatic rings. The van der Waals surface area contributed by atoms with E-state index in [2.05, 4.69) is 4.98 Å². The van der Waals surface area contributed by atoms with Gasteiger partial charge in [0.05, 0.1) is 12.8 Å². The summed E-state index contributed by atoms with van der Waals surface area (Å²) < 4.78 is 10.6. The van der Waals surface area contributed by atoms with E-state index in [1.807, 2.05) is 30.3 Å². The lowest BCUT2D eigenvalue weighted by Gasteiger charge is -2.08. The summed E-state index contributed by atoms with van der Waals surface area (Å²) in [6, 6.07) is 13.3. The molecular weight excluding hydrogens is 216 g/mol. The zero-order chi connectivity index (χ0) is 12.1. The molecule has 4 nitrogen and oxygen atoms in total. The van der Waals surface area contributed by atoms with Gasteiger partial charge in [-0.15, -0.1) is 0 Å². The van der Waals surface area contributed by atoms with E-state index in [4.69, 9.17) is 15.2 Å². The summed E-state index contributed by atoms with van der Waals surface area (Å²) in [6.07, 6.45) is 0. The van der Waals surface area contributed by atoms with E-state index in [-0.39, 0.29) is 0 Å². The predicted molar refractivity (Wildman–Crippen MR) is 66.0 cm³/mol. The Balaban J connectivity index is 2.08. The summed E-state index contributed by atoms with van der Waals surface area (Å²) >= 11 is 0. The third-order valence-corrected chi connectivity index (χ3v) is 2.29. The van der Waals surface area contributed by atoms with Crippen molar-refractivity contribution >= 4 is 5.69 Å². The summed E-state index contributed by atoms with van der Waals surface area (Å²) in [5.41, 5.74) is 7.33. The Hall–Kier alpha value is -2.23. The highest BCUT2D eigenvalue weighted by Gasteiger charge is 2.04. The molecule has 0 saturated carbocycles. The van der Waals surface area contributed by atoms with E-state index in [1.165, 1.54) is 0 Å². The number of hydrogen-bond acceptors (Lipinski definition) is 4. The first-order chi connectivity index (χ1) is 8.29. The fourth-order valence-electron chi connectivity index (χ4n) is 1.39. The van der Waals surface area contributed by atoms with E-state index in [0.29, 0.717) is 24.1 Å². The topological polar surface area (TPSA) is 57.4 Å². The van der Waals surface area contributed by atoms with Crippen molar-refractivity contribution in [2.75, 3.05) is 12.8 Å². The maximum atomic E-state index is 5.77. The van der Waals surface area contributed by atoms with Crippen molar-refractivity contribution in [3.63, 3.8) is 0 Å². The number of benzene rings is 1. The third kappa shape index (κ3) is 2.87. The van der Waals surface area contributed by atoms with Crippen molar-refractivity contribution in [1.82, 2.24) is 4.98 Å². The molecule has 2 N–H and O–H groups in total. The molecule has 0 unspecified atom stereocenters. The van der Waals surface area contributed by atoms with Crippen LogP contribution in [0.15, 0.2) is 42.5 Å². The van der Waals surface area contributed by atoms with Gasteiger partial charge < -0.3 is 15.2 Å². The van der Waals surface area contributed by atoms with Crippen LogP contribution < -0.4 is 15.2 Å². The van der Waals surface area contributed by atoms with Gasteiger partial charge in [0.2, 0.25) is 11.8 Å². The fraction of sp³-hybridized carbons (Fsp3) is 0.154. The number of rotatable bonds is 4. The van der Waals surface area contributed by atoms with E-state index in [0.717, 1.165) is 5.56 Å². The van der Waals surface area contributed by atoms with Gasteiger partial charge in [0, 0.05) is 6.07 Å². The molecule has 0 aliphatic carbocycles. The number of aromatic nitrogens is 1. The van der Waals surface area contributed by atoms with Crippen molar-refractivity contribution in [2.24, 2.45) is 0 Å². The summed E-state index contributed by atoms with van der Waals surface area (Å²) in [4.78, 5) is 4.14. The highest BCUT2D eigenvalue weighted by molar-refractivity contribution is 5.49. The minimum absolute atomic E-state index is 0.396. The molecule has 2 aromatic rings. The lowest BCUT2D eigenvalue weighted by molar-refractivity contribution is 0.289. The van der Waals surface area contributed by atoms with Crippen LogP contribution in [0, 0.1) is 0 Å². The molecule has 0 radical (unpaired) electrons. The molecule has 1 aromatic heterocycles. The Morgan fingerprint density at radius 1 is 1.12 bits per heavy atom. The zero-order valence-electron chi connectivity index (χ0n) is 9.59. The van der Waals surface area contributed by atoms with Crippen molar-refractivity contribution in [3.8, 4) is 11.8 Å². The molecule has 88 valence electrons. The number of anilines is 1. The van der Waals surface area contributed by atoms with Gasteiger partial charge in [-0.25, -0.2) is 0 Å². The smallest absolute Gasteiger partial charge is 0.240 e. The maximum absolute atomic E-state index is 5.77. The Morgan fingerprint density at radius 2 is 1.88 bits per heavy atom. The number of hydrogen-bond donors (Lipinski definition) is 1. The minimum Gasteiger partial charge on any atom is -0.481 e. The number of ether oxygens (including phenoxy) is 2. The van der Waals surface area contributed by atoms with Gasteiger partial charge in [-0.3, -0.25) is 0 Å². The summed E-state index contributed by atoms with van der Waals surface area (Å²) in [6.45, 7) is 0.436. The van der Waals surface area contributed by atoms with Gasteiger partial charge in [-0.05, 0) is 11.6 Å². The number of pyridine rings is 1. The Morgan fingerprint density at radius 3 is 2.59 bits per heavy atom. The number of nitrogen functional groups attached to an aromatic ring is 1. The fourth-order valence-corrected chi connectivity index (χ4v) is 1.39. The molecule has 0 atom stereocenters. The van der Waals surface area contributed by atoms with E-state index >= 15 is 0 Å². The van der Waals surface area contributed by atoms with Crippen LogP contribution in [0.4, 0.5) is 5.69 Å². The average Bonchev–Trinajstić information content (AvgIpc) is 2.39. The molecule has 1 heterocycles. The highest BCUT2D eigenvalue weighted by Crippen LogP contribution is 2.22. The van der Waals surface area contributed by atoms with Crippen LogP contribution in [0.1, 0.15) is 5.56 Å². The molecule has 0 bridgehead atoms. The van der Waals surface area contributed by atoms with Crippen LogP contribution in [-0.2, 0) is 6.61 Å². The second kappa shape index (κ2) is 5.21. The van der Waals surface area contributed by atoms with E-state index in [1.54, 1.807) is 19.2 Å². The molecule has 2 rings (SSSR count). The van der Waals surface area contributed by atoms with Gasteiger partial charge in [-0.2, -0.15) is 4.98 Å². The first kappa shape index (κ1) is 11.3. The first-order valence-corrected chi connectivity index (χ1v) is 5.27. The van der Waals surface area contributed by atoms with Crippen molar-refractivity contribution in [2.45, 2.75) is 6.61 Å². The molecule has 0 saturated heterocycles. The Bertz CT molecular complexity index is 486. The molecular formula is C13H14N2O2. The summed E-state index contributed by atoms with van der Waals surface area (Å²) in [5, 5.41) is 0. The maximum Gasteiger partial charge on any atom is 0.240 e. The molecule has 17 heavy (non-hydrogen) atoms. The van der Waals surface area contributed by atoms with Crippen LogP contribution in [-0.4, -0.2) is 12.1 Å². The quantitative estimate of drug-likeness (QED) is 0.875. The molecule has 0 aliphatic heterocycles. The SMILES string of the molecule is COc1ccc(N)c(OCc2ccccc2)n1. The summed E-state index contributed by atoms with van der Waals surface area (Å²) in [5.74, 6) is 0.885. The number of nitrogens with two attached hydrogens (primary N) is 1. The normalized spacial score (nSPS) is 9.94. The van der Waals surface area contributed by atoms with Gasteiger partial charge in [-0.1, -0.05) is 30.3 Å². The largest absolute Gasteiger partial charge is 0.481 e. The van der Waals surface area contributed by atoms with Crippen LogP contribution in [0.2, 0.25) is 0 Å². The minimum atomic E-state index is 0.396. The van der Waals surface area contributed by atoms with E-state index < -0.39 is 0 Å². The van der Waals surface area contributed by atoms with Crippen LogP contribution in [0.25, 0.3) is 0 Å². The van der Waals surface area contributed by atoms with Crippen LogP contribution >= 0.6 is 0 Å². The van der Waals surface area contributed by atoms with Crippen molar-refractivity contribution in [3.05, 3.63) is 48.0 Å². The Labute approximate surface area is 100 Å². The lowest BCUT2D eigenvalue weighted by Crippen LogP contribution is -2.01. The van der Waals surface area contributed by atoms with Crippen molar-refractivity contribution < 1.29 is 9.47 Å². The standard InChI is InChI=1S/C13H14N2O2/c1-16-12-8-7-11(14)13(15-12)17-9-10-5-3-2-4-6-10/h2-8H,9,14H2,1H3. The second-order valence-electron chi connectivity index (χ2n) is 3.52. The van der Waals surface area contributed by atoms with Gasteiger partial charge in [0.25, 0.3) is 0 Å². The molecule has 0 amide bonds. The number of methoxy groups -OCH3 is 1. The average molecular weight is 230 g/mol. The van der Waals surface area contributed by atoms with Crippen LogP contribution in [0.5, 0.6) is 11.8 Å². The summed E-state index contributed by atoms with van der Waals surface area (Å²) in [7, 11) is 1.56. The zero-order valence-corrected chi connectivity index (χ0v) is 9.59.